The van der Waals surface area contributed by atoms with Crippen molar-refractivity contribution >= 4 is 29.0 Å². The first-order valence-electron chi connectivity index (χ1n) is 11.8. The molecule has 1 aliphatic heterocycles. The molecule has 7 nitrogen and oxygen atoms in total. The molecule has 4 rings (SSSR count). The molecule has 3 aromatic rings. The summed E-state index contributed by atoms with van der Waals surface area (Å²) in [7, 11) is 5.51. The monoisotopic (exact) mass is 491 g/mol. The molecular weight excluding hydrogens is 458 g/mol. The zero-order valence-corrected chi connectivity index (χ0v) is 21.8. The summed E-state index contributed by atoms with van der Waals surface area (Å²) >= 11 is 5.78. The number of aryl methyl sites for hydroxylation is 1. The van der Waals surface area contributed by atoms with Crippen molar-refractivity contribution in [1.82, 2.24) is 19.8 Å². The number of hydrogen-bond donors (Lipinski definition) is 1. The quantitative estimate of drug-likeness (QED) is 0.368. The smallest absolute Gasteiger partial charge is 0.305 e. The highest BCUT2D eigenvalue weighted by atomic mass is 32.1. The van der Waals surface area contributed by atoms with Crippen LogP contribution in [0.1, 0.15) is 47.6 Å². The fourth-order valence-corrected chi connectivity index (χ4v) is 5.20. The number of aromatic nitrogens is 2. The van der Waals surface area contributed by atoms with Gasteiger partial charge in [0.1, 0.15) is 0 Å². The second-order valence-corrected chi connectivity index (χ2v) is 9.46. The van der Waals surface area contributed by atoms with Crippen molar-refractivity contribution in [2.24, 2.45) is 0 Å². The lowest BCUT2D eigenvalue weighted by molar-refractivity contribution is -0.140. The molecule has 0 unspecified atom stereocenters. The number of nitrogens with one attached hydrogen (secondary N) is 1. The predicted molar refractivity (Wildman–Crippen MR) is 143 cm³/mol. The summed E-state index contributed by atoms with van der Waals surface area (Å²) in [5, 5.41) is 4.18. The molecule has 35 heavy (non-hydrogen) atoms. The third kappa shape index (κ3) is 5.03. The topological polar surface area (TPSA) is 62.6 Å². The number of benzene rings is 1. The van der Waals surface area contributed by atoms with E-state index in [-0.39, 0.29) is 18.1 Å². The number of rotatable bonds is 8. The maximum absolute atomic E-state index is 11.7. The lowest BCUT2D eigenvalue weighted by atomic mass is 9.96. The van der Waals surface area contributed by atoms with Crippen molar-refractivity contribution in [3.8, 4) is 5.69 Å². The van der Waals surface area contributed by atoms with E-state index >= 15 is 0 Å². The van der Waals surface area contributed by atoms with Crippen LogP contribution in [0.3, 0.4) is 0 Å². The van der Waals surface area contributed by atoms with Gasteiger partial charge in [0.25, 0.3) is 0 Å². The normalized spacial score (nSPS) is 17.4. The molecule has 1 aromatic carbocycles. The largest absolute Gasteiger partial charge is 0.469 e. The molecule has 0 saturated carbocycles. The number of nitrogens with zero attached hydrogens (tertiary/aromatic N) is 4. The van der Waals surface area contributed by atoms with Gasteiger partial charge in [-0.05, 0) is 80.5 Å². The Morgan fingerprint density at radius 3 is 2.54 bits per heavy atom. The van der Waals surface area contributed by atoms with Crippen LogP contribution in [0.2, 0.25) is 0 Å². The van der Waals surface area contributed by atoms with Crippen LogP contribution in [-0.4, -0.2) is 53.3 Å². The van der Waals surface area contributed by atoms with Gasteiger partial charge < -0.3 is 24.4 Å². The van der Waals surface area contributed by atoms with Crippen molar-refractivity contribution in [2.75, 3.05) is 32.6 Å². The van der Waals surface area contributed by atoms with Gasteiger partial charge in [-0.15, -0.1) is 0 Å². The van der Waals surface area contributed by atoms with E-state index in [0.717, 1.165) is 28.5 Å². The summed E-state index contributed by atoms with van der Waals surface area (Å²) in [4.78, 5) is 20.6. The first-order valence-corrected chi connectivity index (χ1v) is 12.2. The van der Waals surface area contributed by atoms with E-state index in [0.29, 0.717) is 24.5 Å². The van der Waals surface area contributed by atoms with Crippen molar-refractivity contribution in [1.29, 1.82) is 0 Å². The first-order chi connectivity index (χ1) is 16.8. The second-order valence-electron chi connectivity index (χ2n) is 9.07. The summed E-state index contributed by atoms with van der Waals surface area (Å²) in [6.07, 6.45) is 2.82. The Morgan fingerprint density at radius 1 is 1.17 bits per heavy atom. The lowest BCUT2D eigenvalue weighted by Gasteiger charge is -2.28. The van der Waals surface area contributed by atoms with Gasteiger partial charge >= 0.3 is 5.97 Å². The molecule has 0 amide bonds. The summed E-state index contributed by atoms with van der Waals surface area (Å²) in [5.74, 6) is -0.208. The predicted octanol–water partition coefficient (Wildman–Crippen LogP) is 4.48. The zero-order chi connectivity index (χ0) is 25.1. The van der Waals surface area contributed by atoms with Crippen molar-refractivity contribution in [2.45, 2.75) is 38.8 Å². The van der Waals surface area contributed by atoms with Gasteiger partial charge in [0.2, 0.25) is 0 Å². The minimum atomic E-state index is -0.208. The molecule has 3 heterocycles. The molecule has 1 saturated heterocycles. The van der Waals surface area contributed by atoms with E-state index in [2.05, 4.69) is 68.8 Å². The van der Waals surface area contributed by atoms with Crippen LogP contribution in [0.25, 0.3) is 5.69 Å². The van der Waals surface area contributed by atoms with Crippen LogP contribution in [0, 0.1) is 13.8 Å². The third-order valence-electron chi connectivity index (χ3n) is 6.62. The number of pyridine rings is 1. The standard InChI is InChI=1S/C27H33N5O2S/c1-18-17-22(19(2)32(18)21-13-11-20(12-14-21)30(3)4)26-25(23-9-6-7-15-28-23)29-27(35)31(26)16-8-10-24(33)34-5/h6-7,9,11-15,17,25-26H,8,10,16H2,1-5H3,(H,29,35)/t25-,26-/m0/s1. The second kappa shape index (κ2) is 10.5. The van der Waals surface area contributed by atoms with E-state index in [9.17, 15) is 4.79 Å². The summed E-state index contributed by atoms with van der Waals surface area (Å²) in [6, 6.07) is 16.6. The van der Waals surface area contributed by atoms with Crippen LogP contribution in [-0.2, 0) is 9.53 Å². The van der Waals surface area contributed by atoms with Gasteiger partial charge in [-0.3, -0.25) is 9.78 Å². The Morgan fingerprint density at radius 2 is 1.91 bits per heavy atom. The van der Waals surface area contributed by atoms with Gasteiger partial charge in [0.05, 0.1) is 24.9 Å². The molecule has 0 spiro atoms. The van der Waals surface area contributed by atoms with Crippen LogP contribution in [0.4, 0.5) is 5.69 Å². The highest BCUT2D eigenvalue weighted by molar-refractivity contribution is 7.80. The van der Waals surface area contributed by atoms with Gasteiger partial charge in [-0.2, -0.15) is 0 Å². The van der Waals surface area contributed by atoms with Gasteiger partial charge in [-0.25, -0.2) is 0 Å². The number of methoxy groups -OCH3 is 1. The number of hydrogen-bond acceptors (Lipinski definition) is 5. The molecule has 184 valence electrons. The van der Waals surface area contributed by atoms with E-state index < -0.39 is 0 Å². The Labute approximate surface area is 212 Å². The molecule has 2 atom stereocenters. The minimum absolute atomic E-state index is 0.0453. The highest BCUT2D eigenvalue weighted by Gasteiger charge is 2.41. The van der Waals surface area contributed by atoms with Crippen molar-refractivity contribution in [3.05, 3.63) is 77.4 Å². The number of thiocarbonyl (C=S) groups is 1. The van der Waals surface area contributed by atoms with Crippen molar-refractivity contribution in [3.63, 3.8) is 0 Å². The number of carbonyl (C=O) groups excluding carboxylic acids is 1. The van der Waals surface area contributed by atoms with E-state index in [1.165, 1.54) is 12.7 Å². The molecular formula is C27H33N5O2S. The Balaban J connectivity index is 1.73. The summed E-state index contributed by atoms with van der Waals surface area (Å²) in [5.41, 5.74) is 6.74. The van der Waals surface area contributed by atoms with Gasteiger partial charge in [0.15, 0.2) is 5.11 Å². The zero-order valence-electron chi connectivity index (χ0n) is 21.0. The Kier molecular flexibility index (Phi) is 7.40. The molecule has 0 radical (unpaired) electrons. The maximum atomic E-state index is 11.7. The molecule has 1 aliphatic rings. The van der Waals surface area contributed by atoms with E-state index in [4.69, 9.17) is 17.0 Å². The fourth-order valence-electron chi connectivity index (χ4n) is 4.86. The number of esters is 1. The molecule has 0 aliphatic carbocycles. The third-order valence-corrected chi connectivity index (χ3v) is 6.97. The average Bonchev–Trinajstić information content (AvgIpc) is 3.34. The van der Waals surface area contributed by atoms with Crippen LogP contribution in [0.5, 0.6) is 0 Å². The molecule has 2 aromatic heterocycles. The summed E-state index contributed by atoms with van der Waals surface area (Å²) in [6.45, 7) is 4.94. The number of carbonyl (C=O) groups is 1. The van der Waals surface area contributed by atoms with Crippen LogP contribution < -0.4 is 10.2 Å². The van der Waals surface area contributed by atoms with Gasteiger partial charge in [0, 0.05) is 56.0 Å². The lowest BCUT2D eigenvalue weighted by Crippen LogP contribution is -2.31. The molecule has 0 bridgehead atoms. The SMILES string of the molecule is COC(=O)CCCN1C(=S)N[C@@H](c2ccccn2)[C@@H]1c1cc(C)n(-c2ccc(N(C)C)cc2)c1C. The average molecular weight is 492 g/mol. The fraction of sp³-hybridized carbons (Fsp3) is 0.370. The Bertz CT molecular complexity index is 1190. The molecule has 8 heteroatoms. The number of ether oxygens (including phenoxy) is 1. The highest BCUT2D eigenvalue weighted by Crippen LogP contribution is 2.41. The van der Waals surface area contributed by atoms with Crippen molar-refractivity contribution < 1.29 is 9.53 Å². The Hall–Kier alpha value is -3.39. The first kappa shape index (κ1) is 24.7. The maximum Gasteiger partial charge on any atom is 0.305 e. The van der Waals surface area contributed by atoms with Crippen LogP contribution in [0.15, 0.2) is 54.7 Å². The molecule has 1 N–H and O–H groups in total. The van der Waals surface area contributed by atoms with E-state index in [1.54, 1.807) is 0 Å². The molecule has 1 fully saturated rings. The van der Waals surface area contributed by atoms with Gasteiger partial charge in [-0.1, -0.05) is 6.07 Å². The van der Waals surface area contributed by atoms with Crippen LogP contribution >= 0.6 is 12.2 Å². The minimum Gasteiger partial charge on any atom is -0.469 e. The number of anilines is 1. The summed E-state index contributed by atoms with van der Waals surface area (Å²) < 4.78 is 7.12. The van der Waals surface area contributed by atoms with E-state index in [1.807, 2.05) is 38.5 Å².